The standard InChI is InChI=1S/C14H30N2O/c1-6-9-12(8-3)11-16-14(4,10-7-2)13(17)15-5/h12,16H,6-11H2,1-5H3,(H,15,17). The van der Waals surface area contributed by atoms with Gasteiger partial charge in [0.1, 0.15) is 0 Å². The molecule has 0 heterocycles. The first-order chi connectivity index (χ1) is 8.03. The molecule has 0 fully saturated rings. The molecule has 0 aromatic rings. The van der Waals surface area contributed by atoms with Gasteiger partial charge in [0.25, 0.3) is 0 Å². The van der Waals surface area contributed by atoms with Gasteiger partial charge in [-0.15, -0.1) is 0 Å². The first-order valence-electron chi connectivity index (χ1n) is 7.01. The van der Waals surface area contributed by atoms with E-state index in [0.29, 0.717) is 5.92 Å². The molecule has 0 spiro atoms. The van der Waals surface area contributed by atoms with Crippen molar-refractivity contribution < 1.29 is 4.79 Å². The minimum absolute atomic E-state index is 0.103. The van der Waals surface area contributed by atoms with Crippen LogP contribution in [0.5, 0.6) is 0 Å². The largest absolute Gasteiger partial charge is 0.358 e. The quantitative estimate of drug-likeness (QED) is 0.653. The molecule has 2 N–H and O–H groups in total. The molecule has 0 bridgehead atoms. The summed E-state index contributed by atoms with van der Waals surface area (Å²) in [5.41, 5.74) is -0.412. The number of hydrogen-bond acceptors (Lipinski definition) is 2. The SMILES string of the molecule is CCCC(CC)CNC(C)(CCC)C(=O)NC. The van der Waals surface area contributed by atoms with Gasteiger partial charge < -0.3 is 10.6 Å². The van der Waals surface area contributed by atoms with Crippen LogP contribution in [0.25, 0.3) is 0 Å². The summed E-state index contributed by atoms with van der Waals surface area (Å²) in [5, 5.41) is 6.23. The molecular weight excluding hydrogens is 212 g/mol. The summed E-state index contributed by atoms with van der Waals surface area (Å²) < 4.78 is 0. The molecular formula is C14H30N2O. The lowest BCUT2D eigenvalue weighted by molar-refractivity contribution is -0.127. The number of carbonyl (C=O) groups is 1. The van der Waals surface area contributed by atoms with Crippen molar-refractivity contribution in [3.05, 3.63) is 0 Å². The maximum Gasteiger partial charge on any atom is 0.239 e. The third kappa shape index (κ3) is 5.53. The summed E-state index contributed by atoms with van der Waals surface area (Å²) in [6.07, 6.45) is 5.53. The van der Waals surface area contributed by atoms with Crippen LogP contribution in [0.3, 0.4) is 0 Å². The van der Waals surface area contributed by atoms with E-state index in [1.54, 1.807) is 7.05 Å². The average molecular weight is 242 g/mol. The van der Waals surface area contributed by atoms with Crippen LogP contribution in [0.15, 0.2) is 0 Å². The van der Waals surface area contributed by atoms with E-state index in [2.05, 4.69) is 31.4 Å². The molecule has 0 radical (unpaired) electrons. The van der Waals surface area contributed by atoms with E-state index in [9.17, 15) is 4.79 Å². The fraction of sp³-hybridized carbons (Fsp3) is 0.929. The molecule has 0 saturated carbocycles. The Morgan fingerprint density at radius 3 is 2.29 bits per heavy atom. The zero-order valence-electron chi connectivity index (χ0n) is 12.2. The van der Waals surface area contributed by atoms with Crippen molar-refractivity contribution in [2.75, 3.05) is 13.6 Å². The van der Waals surface area contributed by atoms with Crippen LogP contribution >= 0.6 is 0 Å². The molecule has 2 atom stereocenters. The Hall–Kier alpha value is -0.570. The van der Waals surface area contributed by atoms with E-state index in [0.717, 1.165) is 19.4 Å². The second kappa shape index (κ2) is 8.51. The summed E-state index contributed by atoms with van der Waals surface area (Å²) in [5.74, 6) is 0.784. The number of nitrogens with one attached hydrogen (secondary N) is 2. The smallest absolute Gasteiger partial charge is 0.239 e. The number of likely N-dealkylation sites (N-methyl/N-ethyl adjacent to an activating group) is 1. The molecule has 0 aromatic heterocycles. The maximum atomic E-state index is 11.9. The Morgan fingerprint density at radius 1 is 1.24 bits per heavy atom. The monoisotopic (exact) mass is 242 g/mol. The van der Waals surface area contributed by atoms with Crippen molar-refractivity contribution >= 4 is 5.91 Å². The molecule has 0 aliphatic rings. The van der Waals surface area contributed by atoms with Crippen molar-refractivity contribution in [1.29, 1.82) is 0 Å². The average Bonchev–Trinajstić information content (AvgIpc) is 2.33. The fourth-order valence-corrected chi connectivity index (χ4v) is 2.29. The first-order valence-corrected chi connectivity index (χ1v) is 7.01. The van der Waals surface area contributed by atoms with Crippen LogP contribution in [0, 0.1) is 5.92 Å². The van der Waals surface area contributed by atoms with Crippen LogP contribution in [0.2, 0.25) is 0 Å². The molecule has 3 heteroatoms. The lowest BCUT2D eigenvalue weighted by atomic mass is 9.92. The van der Waals surface area contributed by atoms with Crippen molar-refractivity contribution in [3.8, 4) is 0 Å². The first kappa shape index (κ1) is 16.4. The summed E-state index contributed by atoms with van der Waals surface area (Å²) in [6, 6.07) is 0. The van der Waals surface area contributed by atoms with Crippen molar-refractivity contribution in [2.45, 2.75) is 65.3 Å². The van der Waals surface area contributed by atoms with Gasteiger partial charge in [0.2, 0.25) is 5.91 Å². The minimum atomic E-state index is -0.412. The zero-order valence-corrected chi connectivity index (χ0v) is 12.2. The van der Waals surface area contributed by atoms with Crippen molar-refractivity contribution in [3.63, 3.8) is 0 Å². The third-order valence-corrected chi connectivity index (χ3v) is 3.53. The predicted octanol–water partition coefficient (Wildman–Crippen LogP) is 2.71. The van der Waals surface area contributed by atoms with Crippen LogP contribution in [-0.2, 0) is 4.79 Å². The van der Waals surface area contributed by atoms with Gasteiger partial charge in [0, 0.05) is 7.05 Å². The Morgan fingerprint density at radius 2 is 1.88 bits per heavy atom. The minimum Gasteiger partial charge on any atom is -0.358 e. The Kier molecular flexibility index (Phi) is 8.23. The Labute approximate surface area is 107 Å². The summed E-state index contributed by atoms with van der Waals surface area (Å²) >= 11 is 0. The van der Waals surface area contributed by atoms with Gasteiger partial charge in [-0.2, -0.15) is 0 Å². The van der Waals surface area contributed by atoms with E-state index < -0.39 is 5.54 Å². The van der Waals surface area contributed by atoms with Gasteiger partial charge in [-0.3, -0.25) is 4.79 Å². The molecule has 2 unspecified atom stereocenters. The molecule has 0 aromatic carbocycles. The second-order valence-electron chi connectivity index (χ2n) is 5.11. The number of rotatable bonds is 9. The number of amides is 1. The Bertz CT molecular complexity index is 218. The topological polar surface area (TPSA) is 41.1 Å². The van der Waals surface area contributed by atoms with Gasteiger partial charge in [0.15, 0.2) is 0 Å². The third-order valence-electron chi connectivity index (χ3n) is 3.53. The lowest BCUT2D eigenvalue weighted by Gasteiger charge is -2.30. The maximum absolute atomic E-state index is 11.9. The van der Waals surface area contributed by atoms with Crippen molar-refractivity contribution in [2.24, 2.45) is 5.92 Å². The highest BCUT2D eigenvalue weighted by molar-refractivity contribution is 5.85. The fourth-order valence-electron chi connectivity index (χ4n) is 2.29. The molecule has 0 saturated heterocycles. The van der Waals surface area contributed by atoms with Gasteiger partial charge >= 0.3 is 0 Å². The summed E-state index contributed by atoms with van der Waals surface area (Å²) in [4.78, 5) is 11.9. The van der Waals surface area contributed by atoms with E-state index >= 15 is 0 Å². The lowest BCUT2D eigenvalue weighted by Crippen LogP contribution is -2.55. The van der Waals surface area contributed by atoms with Crippen LogP contribution in [0.4, 0.5) is 0 Å². The molecule has 102 valence electrons. The van der Waals surface area contributed by atoms with Crippen LogP contribution < -0.4 is 10.6 Å². The number of carbonyl (C=O) groups excluding carboxylic acids is 1. The highest BCUT2D eigenvalue weighted by Gasteiger charge is 2.31. The van der Waals surface area contributed by atoms with E-state index in [-0.39, 0.29) is 5.91 Å². The molecule has 3 nitrogen and oxygen atoms in total. The second-order valence-corrected chi connectivity index (χ2v) is 5.11. The van der Waals surface area contributed by atoms with Crippen LogP contribution in [-0.4, -0.2) is 25.0 Å². The van der Waals surface area contributed by atoms with Gasteiger partial charge in [-0.1, -0.05) is 40.0 Å². The molecule has 0 aliphatic heterocycles. The predicted molar refractivity (Wildman–Crippen MR) is 74.1 cm³/mol. The van der Waals surface area contributed by atoms with Gasteiger partial charge in [-0.25, -0.2) is 0 Å². The number of hydrogen-bond donors (Lipinski definition) is 2. The van der Waals surface area contributed by atoms with Gasteiger partial charge in [-0.05, 0) is 32.2 Å². The van der Waals surface area contributed by atoms with Gasteiger partial charge in [0.05, 0.1) is 5.54 Å². The highest BCUT2D eigenvalue weighted by atomic mass is 16.2. The molecule has 1 amide bonds. The molecule has 0 aliphatic carbocycles. The van der Waals surface area contributed by atoms with E-state index in [1.807, 2.05) is 6.92 Å². The van der Waals surface area contributed by atoms with E-state index in [1.165, 1.54) is 19.3 Å². The normalized spacial score (nSPS) is 16.3. The van der Waals surface area contributed by atoms with E-state index in [4.69, 9.17) is 0 Å². The summed E-state index contributed by atoms with van der Waals surface area (Å²) in [6.45, 7) is 9.50. The zero-order chi connectivity index (χ0) is 13.3. The molecule has 0 rings (SSSR count). The van der Waals surface area contributed by atoms with Crippen LogP contribution in [0.1, 0.15) is 59.8 Å². The van der Waals surface area contributed by atoms with Crippen molar-refractivity contribution in [1.82, 2.24) is 10.6 Å². The Balaban J connectivity index is 4.38. The molecule has 17 heavy (non-hydrogen) atoms. The highest BCUT2D eigenvalue weighted by Crippen LogP contribution is 2.16. The summed E-state index contributed by atoms with van der Waals surface area (Å²) in [7, 11) is 1.71.